The molecule has 5 nitrogen and oxygen atoms in total. The molecular formula is C23H28N4OS. The minimum absolute atomic E-state index is 0.142. The van der Waals surface area contributed by atoms with Crippen LogP contribution < -0.4 is 0 Å². The van der Waals surface area contributed by atoms with Crippen molar-refractivity contribution in [1.82, 2.24) is 19.6 Å². The summed E-state index contributed by atoms with van der Waals surface area (Å²) in [7, 11) is 0. The Morgan fingerprint density at radius 1 is 1.10 bits per heavy atom. The van der Waals surface area contributed by atoms with Gasteiger partial charge in [0.05, 0.1) is 11.3 Å². The Labute approximate surface area is 176 Å². The number of aromatic nitrogens is 4. The van der Waals surface area contributed by atoms with Gasteiger partial charge in [-0.1, -0.05) is 63.7 Å². The Kier molecular flexibility index (Phi) is 5.72. The van der Waals surface area contributed by atoms with Crippen molar-refractivity contribution < 1.29 is 4.79 Å². The van der Waals surface area contributed by atoms with Crippen molar-refractivity contribution in [2.75, 3.05) is 5.75 Å². The van der Waals surface area contributed by atoms with Gasteiger partial charge in [-0.05, 0) is 41.7 Å². The first-order chi connectivity index (χ1) is 13.9. The number of thioether (sulfide) groups is 1. The first-order valence-electron chi connectivity index (χ1n) is 10.4. The molecule has 0 fully saturated rings. The normalized spacial score (nSPS) is 16.8. The van der Waals surface area contributed by atoms with Crippen LogP contribution >= 0.6 is 11.8 Å². The van der Waals surface area contributed by atoms with Crippen molar-refractivity contribution in [3.8, 4) is 0 Å². The fraction of sp³-hybridized carbons (Fsp3) is 0.478. The number of ketones is 1. The molecule has 2 aromatic heterocycles. The zero-order valence-electron chi connectivity index (χ0n) is 17.6. The molecule has 1 aliphatic carbocycles. The van der Waals surface area contributed by atoms with Crippen LogP contribution in [0.1, 0.15) is 79.6 Å². The second-order valence-corrected chi connectivity index (χ2v) is 9.68. The maximum atomic E-state index is 12.8. The van der Waals surface area contributed by atoms with Gasteiger partial charge in [-0.25, -0.2) is 9.50 Å². The summed E-state index contributed by atoms with van der Waals surface area (Å²) in [6.07, 6.45) is 4.23. The van der Waals surface area contributed by atoms with E-state index in [1.54, 1.807) is 16.3 Å². The predicted octanol–water partition coefficient (Wildman–Crippen LogP) is 5.30. The number of carbonyl (C=O) groups is 1. The average molecular weight is 409 g/mol. The van der Waals surface area contributed by atoms with E-state index in [1.165, 1.54) is 11.1 Å². The Bertz CT molecular complexity index is 1020. The van der Waals surface area contributed by atoms with Gasteiger partial charge in [-0.3, -0.25) is 4.79 Å². The Morgan fingerprint density at radius 2 is 1.86 bits per heavy atom. The molecule has 1 aliphatic rings. The summed E-state index contributed by atoms with van der Waals surface area (Å²) in [5, 5.41) is 5.24. The van der Waals surface area contributed by atoms with Gasteiger partial charge in [0.2, 0.25) is 5.16 Å². The van der Waals surface area contributed by atoms with Crippen LogP contribution in [0.4, 0.5) is 0 Å². The molecule has 1 aromatic carbocycles. The molecule has 3 aromatic rings. The highest BCUT2D eigenvalue weighted by molar-refractivity contribution is 7.99. The Morgan fingerprint density at radius 3 is 2.55 bits per heavy atom. The van der Waals surface area contributed by atoms with E-state index in [9.17, 15) is 4.79 Å². The summed E-state index contributed by atoms with van der Waals surface area (Å²) in [4.78, 5) is 22.1. The van der Waals surface area contributed by atoms with Crippen molar-refractivity contribution in [2.45, 2.75) is 63.9 Å². The van der Waals surface area contributed by atoms with E-state index >= 15 is 0 Å². The third kappa shape index (κ3) is 4.37. The summed E-state index contributed by atoms with van der Waals surface area (Å²) >= 11 is 1.65. The molecule has 0 aliphatic heterocycles. The van der Waals surface area contributed by atoms with Crippen LogP contribution in [-0.2, 0) is 6.42 Å². The van der Waals surface area contributed by atoms with Gasteiger partial charge in [-0.2, -0.15) is 4.98 Å². The molecule has 29 heavy (non-hydrogen) atoms. The van der Waals surface area contributed by atoms with E-state index in [0.29, 0.717) is 29.6 Å². The van der Waals surface area contributed by atoms with Gasteiger partial charge in [0.1, 0.15) is 0 Å². The fourth-order valence-electron chi connectivity index (χ4n) is 3.70. The molecular weight excluding hydrogens is 380 g/mol. The molecule has 0 unspecified atom stereocenters. The van der Waals surface area contributed by atoms with E-state index in [4.69, 9.17) is 4.98 Å². The standard InChI is InChI=1S/C23H28N4OS/c1-14(2)9-10-29-23-25-22-24-20-11-18(12-21(28)19(20)13-27(22)26-23)17-7-5-16(6-8-17)15(3)4/h5-8,13-15,18H,9-12H2,1-4H3/t18-/m1/s1. The molecule has 0 saturated carbocycles. The quantitative estimate of drug-likeness (QED) is 0.518. The number of hydrogen-bond donors (Lipinski definition) is 0. The summed E-state index contributed by atoms with van der Waals surface area (Å²) in [6, 6.07) is 8.68. The van der Waals surface area contributed by atoms with Crippen LogP contribution in [0.5, 0.6) is 0 Å². The van der Waals surface area contributed by atoms with Crippen LogP contribution in [0.15, 0.2) is 35.6 Å². The Hall–Kier alpha value is -2.21. The van der Waals surface area contributed by atoms with E-state index in [2.05, 4.69) is 62.0 Å². The molecule has 152 valence electrons. The first-order valence-corrected chi connectivity index (χ1v) is 11.4. The van der Waals surface area contributed by atoms with Gasteiger partial charge < -0.3 is 0 Å². The van der Waals surface area contributed by atoms with Gasteiger partial charge >= 0.3 is 0 Å². The molecule has 1 atom stereocenters. The molecule has 0 saturated heterocycles. The van der Waals surface area contributed by atoms with Crippen molar-refractivity contribution in [1.29, 1.82) is 0 Å². The van der Waals surface area contributed by atoms with Crippen LogP contribution in [0.2, 0.25) is 0 Å². The number of carbonyl (C=O) groups excluding carboxylic acids is 1. The molecule has 0 spiro atoms. The fourth-order valence-corrected chi connectivity index (χ4v) is 4.76. The van der Waals surface area contributed by atoms with Crippen LogP contribution in [0.25, 0.3) is 5.78 Å². The highest BCUT2D eigenvalue weighted by Crippen LogP contribution is 2.33. The minimum atomic E-state index is 0.142. The Balaban J connectivity index is 1.57. The van der Waals surface area contributed by atoms with Crippen LogP contribution in [-0.4, -0.2) is 31.1 Å². The van der Waals surface area contributed by atoms with Crippen LogP contribution in [0.3, 0.4) is 0 Å². The second kappa shape index (κ2) is 8.27. The largest absolute Gasteiger partial charge is 0.294 e. The summed E-state index contributed by atoms with van der Waals surface area (Å²) in [6.45, 7) is 8.81. The first kappa shape index (κ1) is 20.1. The SMILES string of the molecule is CC(C)CCSc1nc2nc3c(cn2n1)C(=O)C[C@H](c1ccc(C(C)C)cc1)C3. The summed E-state index contributed by atoms with van der Waals surface area (Å²) in [5.41, 5.74) is 4.07. The highest BCUT2D eigenvalue weighted by atomic mass is 32.2. The third-order valence-electron chi connectivity index (χ3n) is 5.56. The molecule has 0 N–H and O–H groups in total. The minimum Gasteiger partial charge on any atom is -0.294 e. The lowest BCUT2D eigenvalue weighted by atomic mass is 9.81. The van der Waals surface area contributed by atoms with Crippen LogP contribution in [0, 0.1) is 5.92 Å². The molecule has 6 heteroatoms. The highest BCUT2D eigenvalue weighted by Gasteiger charge is 2.28. The number of benzene rings is 1. The van der Waals surface area contributed by atoms with Gasteiger partial charge in [0.15, 0.2) is 5.78 Å². The molecule has 0 bridgehead atoms. The summed E-state index contributed by atoms with van der Waals surface area (Å²) < 4.78 is 1.66. The zero-order valence-corrected chi connectivity index (χ0v) is 18.4. The maximum Gasteiger partial charge on any atom is 0.253 e. The smallest absolute Gasteiger partial charge is 0.253 e. The number of hydrogen-bond acceptors (Lipinski definition) is 5. The maximum absolute atomic E-state index is 12.8. The van der Waals surface area contributed by atoms with Gasteiger partial charge in [0, 0.05) is 18.4 Å². The lowest BCUT2D eigenvalue weighted by molar-refractivity contribution is 0.0962. The molecule has 2 heterocycles. The molecule has 0 amide bonds. The number of nitrogens with zero attached hydrogens (tertiary/aromatic N) is 4. The van der Waals surface area contributed by atoms with E-state index in [-0.39, 0.29) is 11.7 Å². The van der Waals surface area contributed by atoms with Crippen molar-refractivity contribution in [3.63, 3.8) is 0 Å². The molecule has 4 rings (SSSR count). The average Bonchev–Trinajstić information content (AvgIpc) is 3.07. The van der Waals surface area contributed by atoms with Gasteiger partial charge in [0.25, 0.3) is 5.78 Å². The van der Waals surface area contributed by atoms with E-state index in [0.717, 1.165) is 29.4 Å². The zero-order chi connectivity index (χ0) is 20.5. The molecule has 0 radical (unpaired) electrons. The third-order valence-corrected chi connectivity index (χ3v) is 6.43. The number of Topliss-reactive ketones (excluding diaryl/α,β-unsaturated/α-hetero) is 1. The number of fused-ring (bicyclic) bond motifs is 2. The second-order valence-electron chi connectivity index (χ2n) is 8.62. The van der Waals surface area contributed by atoms with Gasteiger partial charge in [-0.15, -0.1) is 5.10 Å². The summed E-state index contributed by atoms with van der Waals surface area (Å²) in [5.74, 6) is 3.06. The van der Waals surface area contributed by atoms with Crippen molar-refractivity contribution in [2.24, 2.45) is 5.92 Å². The van der Waals surface area contributed by atoms with E-state index < -0.39 is 0 Å². The van der Waals surface area contributed by atoms with Crippen molar-refractivity contribution in [3.05, 3.63) is 52.8 Å². The van der Waals surface area contributed by atoms with Crippen molar-refractivity contribution >= 4 is 23.3 Å². The lowest BCUT2D eigenvalue weighted by Crippen LogP contribution is -2.21. The lowest BCUT2D eigenvalue weighted by Gasteiger charge is -2.23. The predicted molar refractivity (Wildman–Crippen MR) is 117 cm³/mol. The number of rotatable bonds is 6. The monoisotopic (exact) mass is 408 g/mol. The van der Waals surface area contributed by atoms with E-state index in [1.807, 2.05) is 6.20 Å². The topological polar surface area (TPSA) is 60.1 Å².